The lowest BCUT2D eigenvalue weighted by molar-refractivity contribution is 0.0550. The maximum absolute atomic E-state index is 12.6. The van der Waals surface area contributed by atoms with Gasteiger partial charge in [-0.05, 0) is 37.8 Å². The van der Waals surface area contributed by atoms with Crippen molar-refractivity contribution in [2.24, 2.45) is 5.92 Å². The summed E-state index contributed by atoms with van der Waals surface area (Å²) in [5.74, 6) is 1.21. The molecule has 0 aromatic heterocycles. The first-order chi connectivity index (χ1) is 9.02. The normalized spacial score (nSPS) is 23.2. The molecule has 1 fully saturated rings. The summed E-state index contributed by atoms with van der Waals surface area (Å²) < 4.78 is 5.17. The zero-order chi connectivity index (χ0) is 14.0. The van der Waals surface area contributed by atoms with Gasteiger partial charge in [0.2, 0.25) is 0 Å². The number of nitrogens with two attached hydrogens (primary N) is 1. The number of methoxy groups -OCH3 is 1. The monoisotopic (exact) mass is 262 g/mol. The van der Waals surface area contributed by atoms with Crippen LogP contribution in [0.1, 0.15) is 37.0 Å². The van der Waals surface area contributed by atoms with Crippen molar-refractivity contribution in [1.29, 1.82) is 0 Å². The minimum atomic E-state index is 0.0460. The van der Waals surface area contributed by atoms with Crippen molar-refractivity contribution in [3.8, 4) is 5.75 Å². The average Bonchev–Trinajstić information content (AvgIpc) is 2.40. The second-order valence-corrected chi connectivity index (χ2v) is 5.35. The average molecular weight is 262 g/mol. The lowest BCUT2D eigenvalue weighted by Gasteiger charge is -2.38. The molecule has 0 bridgehead atoms. The zero-order valence-corrected chi connectivity index (χ0v) is 11.8. The van der Waals surface area contributed by atoms with E-state index in [0.717, 1.165) is 13.0 Å². The summed E-state index contributed by atoms with van der Waals surface area (Å²) in [5.41, 5.74) is 6.98. The van der Waals surface area contributed by atoms with Gasteiger partial charge in [-0.15, -0.1) is 0 Å². The van der Waals surface area contributed by atoms with Gasteiger partial charge in [0.15, 0.2) is 0 Å². The Bertz CT molecular complexity index is 473. The minimum Gasteiger partial charge on any atom is -0.497 e. The number of nitrogens with zero attached hydrogens (tertiary/aromatic N) is 1. The number of nitrogen functional groups attached to an aromatic ring is 1. The van der Waals surface area contributed by atoms with E-state index in [1.165, 1.54) is 6.42 Å². The highest BCUT2D eigenvalue weighted by atomic mass is 16.5. The molecule has 1 heterocycles. The molecule has 1 amide bonds. The quantitative estimate of drug-likeness (QED) is 0.833. The van der Waals surface area contributed by atoms with Gasteiger partial charge in [0.25, 0.3) is 5.91 Å². The highest BCUT2D eigenvalue weighted by Gasteiger charge is 2.29. The van der Waals surface area contributed by atoms with Crippen molar-refractivity contribution in [1.82, 2.24) is 4.90 Å². The lowest BCUT2D eigenvalue weighted by atomic mass is 9.91. The number of carbonyl (C=O) groups is 1. The molecule has 4 heteroatoms. The van der Waals surface area contributed by atoms with Crippen molar-refractivity contribution in [3.63, 3.8) is 0 Å². The Balaban J connectivity index is 2.25. The number of amides is 1. The van der Waals surface area contributed by atoms with E-state index in [9.17, 15) is 4.79 Å². The van der Waals surface area contributed by atoms with Crippen molar-refractivity contribution in [3.05, 3.63) is 23.8 Å². The van der Waals surface area contributed by atoms with E-state index >= 15 is 0 Å². The number of benzene rings is 1. The molecule has 0 spiro atoms. The molecule has 104 valence electrons. The third-order valence-electron chi connectivity index (χ3n) is 4.05. The summed E-state index contributed by atoms with van der Waals surface area (Å²) >= 11 is 0. The second kappa shape index (κ2) is 5.51. The Morgan fingerprint density at radius 3 is 2.79 bits per heavy atom. The first kappa shape index (κ1) is 13.7. The number of likely N-dealkylation sites (tertiary alicyclic amines) is 1. The molecule has 1 aromatic carbocycles. The molecule has 2 rings (SSSR count). The first-order valence-electron chi connectivity index (χ1n) is 6.78. The molecule has 2 N–H and O–H groups in total. The fraction of sp³-hybridized carbons (Fsp3) is 0.533. The molecule has 19 heavy (non-hydrogen) atoms. The molecule has 4 nitrogen and oxygen atoms in total. The lowest BCUT2D eigenvalue weighted by Crippen LogP contribution is -2.46. The smallest absolute Gasteiger partial charge is 0.254 e. The summed E-state index contributed by atoms with van der Waals surface area (Å²) in [5, 5.41) is 0. The topological polar surface area (TPSA) is 55.6 Å². The van der Waals surface area contributed by atoms with Crippen LogP contribution in [0.25, 0.3) is 0 Å². The minimum absolute atomic E-state index is 0.0460. The Kier molecular flexibility index (Phi) is 3.98. The molecule has 1 aliphatic rings. The third-order valence-corrected chi connectivity index (χ3v) is 4.05. The van der Waals surface area contributed by atoms with Crippen LogP contribution < -0.4 is 10.5 Å². The van der Waals surface area contributed by atoms with Crippen molar-refractivity contribution < 1.29 is 9.53 Å². The van der Waals surface area contributed by atoms with Gasteiger partial charge in [-0.3, -0.25) is 4.79 Å². The van der Waals surface area contributed by atoms with E-state index in [1.807, 2.05) is 4.90 Å². The highest BCUT2D eigenvalue weighted by Crippen LogP contribution is 2.26. The molecule has 1 saturated heterocycles. The van der Waals surface area contributed by atoms with Crippen molar-refractivity contribution >= 4 is 11.6 Å². The number of piperidine rings is 1. The van der Waals surface area contributed by atoms with Gasteiger partial charge in [0, 0.05) is 29.9 Å². The molecule has 1 aliphatic heterocycles. The van der Waals surface area contributed by atoms with Crippen LogP contribution in [0.2, 0.25) is 0 Å². The van der Waals surface area contributed by atoms with Gasteiger partial charge in [-0.25, -0.2) is 0 Å². The van der Waals surface area contributed by atoms with Crippen LogP contribution in [-0.2, 0) is 0 Å². The van der Waals surface area contributed by atoms with Gasteiger partial charge in [0.05, 0.1) is 7.11 Å². The van der Waals surface area contributed by atoms with Crippen molar-refractivity contribution in [2.45, 2.75) is 32.7 Å². The number of hydrogen-bond acceptors (Lipinski definition) is 3. The Labute approximate surface area is 114 Å². The highest BCUT2D eigenvalue weighted by molar-refractivity contribution is 5.95. The molecule has 0 aliphatic carbocycles. The standard InChI is InChI=1S/C15H22N2O2/c1-10-5-4-6-17(11(10)2)15(18)12-7-13(16)9-14(8-12)19-3/h7-11H,4-6,16H2,1-3H3. The van der Waals surface area contributed by atoms with Crippen LogP contribution in [0.4, 0.5) is 5.69 Å². The van der Waals surface area contributed by atoms with Crippen LogP contribution >= 0.6 is 0 Å². The summed E-state index contributed by atoms with van der Waals surface area (Å²) in [4.78, 5) is 14.5. The zero-order valence-electron chi connectivity index (χ0n) is 11.8. The van der Waals surface area contributed by atoms with E-state index in [1.54, 1.807) is 25.3 Å². The Hall–Kier alpha value is -1.71. The van der Waals surface area contributed by atoms with Gasteiger partial charge in [-0.2, -0.15) is 0 Å². The molecule has 0 radical (unpaired) electrons. The van der Waals surface area contributed by atoms with Crippen LogP contribution in [0, 0.1) is 5.92 Å². The number of ether oxygens (including phenoxy) is 1. The largest absolute Gasteiger partial charge is 0.497 e. The summed E-state index contributed by atoms with van der Waals surface area (Å²) in [6.45, 7) is 5.14. The summed E-state index contributed by atoms with van der Waals surface area (Å²) in [6, 6.07) is 5.47. The second-order valence-electron chi connectivity index (χ2n) is 5.35. The molecular formula is C15H22N2O2. The Morgan fingerprint density at radius 1 is 1.37 bits per heavy atom. The number of hydrogen-bond donors (Lipinski definition) is 1. The maximum atomic E-state index is 12.6. The van der Waals surface area contributed by atoms with Crippen molar-refractivity contribution in [2.75, 3.05) is 19.4 Å². The fourth-order valence-corrected chi connectivity index (χ4v) is 2.65. The van der Waals surface area contributed by atoms with Crippen LogP contribution in [0.3, 0.4) is 0 Å². The maximum Gasteiger partial charge on any atom is 0.254 e. The molecular weight excluding hydrogens is 240 g/mol. The number of carbonyl (C=O) groups excluding carboxylic acids is 1. The summed E-state index contributed by atoms with van der Waals surface area (Å²) in [7, 11) is 1.58. The number of rotatable bonds is 2. The first-order valence-corrected chi connectivity index (χ1v) is 6.78. The Morgan fingerprint density at radius 2 is 2.11 bits per heavy atom. The van der Waals surface area contributed by atoms with Gasteiger partial charge in [0.1, 0.15) is 5.75 Å². The van der Waals surface area contributed by atoms with E-state index in [2.05, 4.69) is 13.8 Å². The summed E-state index contributed by atoms with van der Waals surface area (Å²) in [6.07, 6.45) is 2.25. The van der Waals surface area contributed by atoms with E-state index in [4.69, 9.17) is 10.5 Å². The van der Waals surface area contributed by atoms with Crippen LogP contribution in [-0.4, -0.2) is 30.5 Å². The SMILES string of the molecule is COc1cc(N)cc(C(=O)N2CCCC(C)C2C)c1. The molecule has 2 atom stereocenters. The van der Waals surface area contributed by atoms with E-state index in [-0.39, 0.29) is 11.9 Å². The predicted molar refractivity (Wildman–Crippen MR) is 76.3 cm³/mol. The van der Waals surface area contributed by atoms with Gasteiger partial charge in [-0.1, -0.05) is 6.92 Å². The number of anilines is 1. The fourth-order valence-electron chi connectivity index (χ4n) is 2.65. The van der Waals surface area contributed by atoms with Crippen LogP contribution in [0.15, 0.2) is 18.2 Å². The van der Waals surface area contributed by atoms with Gasteiger partial charge < -0.3 is 15.4 Å². The predicted octanol–water partition coefficient (Wildman–Crippen LogP) is 2.54. The van der Waals surface area contributed by atoms with E-state index in [0.29, 0.717) is 22.9 Å². The van der Waals surface area contributed by atoms with Gasteiger partial charge >= 0.3 is 0 Å². The third kappa shape index (κ3) is 2.83. The molecule has 0 saturated carbocycles. The van der Waals surface area contributed by atoms with E-state index < -0.39 is 0 Å². The molecule has 1 aromatic rings. The van der Waals surface area contributed by atoms with Crippen LogP contribution in [0.5, 0.6) is 5.75 Å². The molecule has 2 unspecified atom stereocenters.